The van der Waals surface area contributed by atoms with Gasteiger partial charge in [-0.05, 0) is 61.4 Å². The molecule has 0 unspecified atom stereocenters. The van der Waals surface area contributed by atoms with Crippen molar-refractivity contribution in [2.45, 2.75) is 20.4 Å². The van der Waals surface area contributed by atoms with Gasteiger partial charge in [-0.15, -0.1) is 0 Å². The molecule has 4 heteroatoms. The standard InChI is InChI=1S/C23H20N2O2/c1-15-11-16(2)13-17(12-15)24-22(26)14-25-20-9-5-3-7-18(20)23(27)19-8-4-6-10-21(19)25/h3-13H,14H2,1-2H3,(H,24,26). The quantitative estimate of drug-likeness (QED) is 0.553. The Kier molecular flexibility index (Phi) is 4.24. The van der Waals surface area contributed by atoms with Crippen molar-refractivity contribution in [3.63, 3.8) is 0 Å². The molecule has 1 aromatic heterocycles. The van der Waals surface area contributed by atoms with Crippen LogP contribution in [0.15, 0.2) is 71.5 Å². The molecular weight excluding hydrogens is 336 g/mol. The fourth-order valence-electron chi connectivity index (χ4n) is 3.64. The van der Waals surface area contributed by atoms with Crippen LogP contribution in [0.3, 0.4) is 0 Å². The predicted molar refractivity (Wildman–Crippen MR) is 110 cm³/mol. The van der Waals surface area contributed by atoms with Crippen LogP contribution in [0.5, 0.6) is 0 Å². The zero-order chi connectivity index (χ0) is 19.0. The van der Waals surface area contributed by atoms with Gasteiger partial charge < -0.3 is 9.88 Å². The molecule has 0 aliphatic carbocycles. The first-order chi connectivity index (χ1) is 13.0. The van der Waals surface area contributed by atoms with Gasteiger partial charge >= 0.3 is 0 Å². The summed E-state index contributed by atoms with van der Waals surface area (Å²) in [4.78, 5) is 25.5. The minimum absolute atomic E-state index is 0.00725. The van der Waals surface area contributed by atoms with Gasteiger partial charge in [0.2, 0.25) is 5.91 Å². The van der Waals surface area contributed by atoms with E-state index in [9.17, 15) is 9.59 Å². The monoisotopic (exact) mass is 356 g/mol. The lowest BCUT2D eigenvalue weighted by molar-refractivity contribution is -0.116. The summed E-state index contributed by atoms with van der Waals surface area (Å²) in [6, 6.07) is 20.8. The number of para-hydroxylation sites is 2. The lowest BCUT2D eigenvalue weighted by Gasteiger charge is -2.15. The van der Waals surface area contributed by atoms with E-state index in [0.29, 0.717) is 10.8 Å². The summed E-state index contributed by atoms with van der Waals surface area (Å²) in [5, 5.41) is 4.22. The molecule has 0 bridgehead atoms. The first-order valence-electron chi connectivity index (χ1n) is 8.91. The number of pyridine rings is 1. The lowest BCUT2D eigenvalue weighted by Crippen LogP contribution is -2.21. The van der Waals surface area contributed by atoms with Gasteiger partial charge in [0.15, 0.2) is 5.43 Å². The van der Waals surface area contributed by atoms with Crippen LogP contribution in [0.2, 0.25) is 0 Å². The van der Waals surface area contributed by atoms with E-state index in [4.69, 9.17) is 0 Å². The molecule has 0 saturated heterocycles. The highest BCUT2D eigenvalue weighted by Crippen LogP contribution is 2.20. The Morgan fingerprint density at radius 3 is 1.93 bits per heavy atom. The Bertz CT molecular complexity index is 1160. The van der Waals surface area contributed by atoms with Crippen LogP contribution in [-0.2, 0) is 11.3 Å². The number of fused-ring (bicyclic) bond motifs is 2. The Balaban J connectivity index is 1.79. The number of aryl methyl sites for hydroxylation is 2. The van der Waals surface area contributed by atoms with Crippen molar-refractivity contribution in [2.75, 3.05) is 5.32 Å². The molecule has 0 atom stereocenters. The number of carbonyl (C=O) groups excluding carboxylic acids is 1. The summed E-state index contributed by atoms with van der Waals surface area (Å²) in [5.41, 5.74) is 4.50. The van der Waals surface area contributed by atoms with Crippen LogP contribution in [0.1, 0.15) is 11.1 Å². The van der Waals surface area contributed by atoms with Gasteiger partial charge in [0, 0.05) is 16.5 Å². The van der Waals surface area contributed by atoms with E-state index in [1.54, 1.807) is 0 Å². The predicted octanol–water partition coefficient (Wildman–Crippen LogP) is 4.41. The molecule has 4 aromatic rings. The second-order valence-electron chi connectivity index (χ2n) is 6.87. The van der Waals surface area contributed by atoms with Crippen molar-refractivity contribution in [1.82, 2.24) is 4.57 Å². The largest absolute Gasteiger partial charge is 0.331 e. The Morgan fingerprint density at radius 1 is 0.852 bits per heavy atom. The molecule has 4 rings (SSSR count). The SMILES string of the molecule is Cc1cc(C)cc(NC(=O)Cn2c3ccccc3c(=O)c3ccccc32)c1. The number of rotatable bonds is 3. The molecule has 0 radical (unpaired) electrons. The number of hydrogen-bond donors (Lipinski definition) is 1. The molecule has 0 saturated carbocycles. The smallest absolute Gasteiger partial charge is 0.244 e. The van der Waals surface area contributed by atoms with Crippen molar-refractivity contribution in [3.8, 4) is 0 Å². The van der Waals surface area contributed by atoms with Crippen molar-refractivity contribution in [1.29, 1.82) is 0 Å². The summed E-state index contributed by atoms with van der Waals surface area (Å²) in [5.74, 6) is -0.126. The molecule has 0 aliphatic rings. The third kappa shape index (κ3) is 3.22. The molecular formula is C23H20N2O2. The van der Waals surface area contributed by atoms with Crippen LogP contribution in [0.4, 0.5) is 5.69 Å². The maximum Gasteiger partial charge on any atom is 0.244 e. The number of amides is 1. The lowest BCUT2D eigenvalue weighted by atomic mass is 10.1. The minimum atomic E-state index is -0.126. The van der Waals surface area contributed by atoms with E-state index >= 15 is 0 Å². The molecule has 0 aliphatic heterocycles. The topological polar surface area (TPSA) is 51.1 Å². The normalized spacial score (nSPS) is 11.0. The maximum atomic E-state index is 12.8. The summed E-state index contributed by atoms with van der Waals surface area (Å²) >= 11 is 0. The Morgan fingerprint density at radius 2 is 1.37 bits per heavy atom. The van der Waals surface area contributed by atoms with Gasteiger partial charge in [-0.25, -0.2) is 0 Å². The van der Waals surface area contributed by atoms with Crippen molar-refractivity contribution in [3.05, 3.63) is 88.1 Å². The van der Waals surface area contributed by atoms with E-state index in [0.717, 1.165) is 27.8 Å². The number of nitrogens with zero attached hydrogens (tertiary/aromatic N) is 1. The first-order valence-corrected chi connectivity index (χ1v) is 8.91. The average Bonchev–Trinajstić information content (AvgIpc) is 2.64. The highest BCUT2D eigenvalue weighted by Gasteiger charge is 2.13. The van der Waals surface area contributed by atoms with Gasteiger partial charge in [0.05, 0.1) is 11.0 Å². The molecule has 134 valence electrons. The van der Waals surface area contributed by atoms with Crippen molar-refractivity contribution >= 4 is 33.4 Å². The maximum absolute atomic E-state index is 12.8. The zero-order valence-corrected chi connectivity index (χ0v) is 15.3. The number of benzene rings is 3. The van der Waals surface area contributed by atoms with Crippen LogP contribution < -0.4 is 10.7 Å². The van der Waals surface area contributed by atoms with E-state index in [2.05, 4.69) is 11.4 Å². The molecule has 3 aromatic carbocycles. The summed E-state index contributed by atoms with van der Waals surface area (Å²) in [7, 11) is 0. The number of aromatic nitrogens is 1. The highest BCUT2D eigenvalue weighted by molar-refractivity contribution is 5.97. The van der Waals surface area contributed by atoms with E-state index in [-0.39, 0.29) is 17.9 Å². The second-order valence-corrected chi connectivity index (χ2v) is 6.87. The van der Waals surface area contributed by atoms with E-state index < -0.39 is 0 Å². The summed E-state index contributed by atoms with van der Waals surface area (Å²) < 4.78 is 1.91. The molecule has 27 heavy (non-hydrogen) atoms. The zero-order valence-electron chi connectivity index (χ0n) is 15.3. The van der Waals surface area contributed by atoms with Crippen LogP contribution in [-0.4, -0.2) is 10.5 Å². The first kappa shape index (κ1) is 17.0. The fourth-order valence-corrected chi connectivity index (χ4v) is 3.64. The molecule has 4 nitrogen and oxygen atoms in total. The number of carbonyl (C=O) groups is 1. The molecule has 0 spiro atoms. The van der Waals surface area contributed by atoms with Crippen molar-refractivity contribution in [2.24, 2.45) is 0 Å². The third-order valence-corrected chi connectivity index (χ3v) is 4.69. The number of nitrogens with one attached hydrogen (secondary N) is 1. The fraction of sp³-hybridized carbons (Fsp3) is 0.130. The number of anilines is 1. The van der Waals surface area contributed by atoms with Gasteiger partial charge in [-0.3, -0.25) is 9.59 Å². The van der Waals surface area contributed by atoms with Crippen LogP contribution >= 0.6 is 0 Å². The van der Waals surface area contributed by atoms with Crippen LogP contribution in [0, 0.1) is 13.8 Å². The van der Waals surface area contributed by atoms with Gasteiger partial charge in [-0.1, -0.05) is 30.3 Å². The van der Waals surface area contributed by atoms with E-state index in [1.807, 2.05) is 79.1 Å². The number of hydrogen-bond acceptors (Lipinski definition) is 2. The highest BCUT2D eigenvalue weighted by atomic mass is 16.2. The molecule has 1 N–H and O–H groups in total. The second kappa shape index (κ2) is 6.72. The summed E-state index contributed by atoms with van der Waals surface area (Å²) in [6.45, 7) is 4.14. The van der Waals surface area contributed by atoms with Gasteiger partial charge in [0.25, 0.3) is 0 Å². The van der Waals surface area contributed by atoms with Gasteiger partial charge in [-0.2, -0.15) is 0 Å². The van der Waals surface area contributed by atoms with E-state index in [1.165, 1.54) is 0 Å². The minimum Gasteiger partial charge on any atom is -0.331 e. The molecule has 1 heterocycles. The third-order valence-electron chi connectivity index (χ3n) is 4.69. The Labute approximate surface area is 157 Å². The Hall–Kier alpha value is -3.40. The van der Waals surface area contributed by atoms with Gasteiger partial charge in [0.1, 0.15) is 6.54 Å². The summed E-state index contributed by atoms with van der Waals surface area (Å²) in [6.07, 6.45) is 0. The molecule has 1 amide bonds. The van der Waals surface area contributed by atoms with Crippen molar-refractivity contribution < 1.29 is 4.79 Å². The van der Waals surface area contributed by atoms with Crippen LogP contribution in [0.25, 0.3) is 21.8 Å². The average molecular weight is 356 g/mol. The molecule has 0 fully saturated rings.